The lowest BCUT2D eigenvalue weighted by Gasteiger charge is -2.17. The van der Waals surface area contributed by atoms with Gasteiger partial charge in [0, 0.05) is 37.5 Å². The predicted octanol–water partition coefficient (Wildman–Crippen LogP) is 7.16. The summed E-state index contributed by atoms with van der Waals surface area (Å²) >= 11 is 0. The van der Waals surface area contributed by atoms with Crippen molar-refractivity contribution < 1.29 is 13.6 Å². The number of rotatable bonds is 12. The van der Waals surface area contributed by atoms with Crippen LogP contribution in [0.2, 0.25) is 0 Å². The average molecular weight is 387 g/mol. The zero-order valence-electron chi connectivity index (χ0n) is 18.7. The molecule has 0 spiro atoms. The zero-order chi connectivity index (χ0) is 20.7. The Labute approximate surface area is 170 Å². The molecule has 0 amide bonds. The maximum Gasteiger partial charge on any atom is 0.134 e. The van der Waals surface area contributed by atoms with Crippen molar-refractivity contribution in [2.24, 2.45) is 0 Å². The van der Waals surface area contributed by atoms with Crippen LogP contribution in [0.4, 0.5) is 0 Å². The van der Waals surface area contributed by atoms with Crippen molar-refractivity contribution in [2.75, 3.05) is 0 Å². The summed E-state index contributed by atoms with van der Waals surface area (Å²) in [5.74, 6) is 4.78. The van der Waals surface area contributed by atoms with Gasteiger partial charge in [0.05, 0.1) is 0 Å². The number of furan rings is 2. The van der Waals surface area contributed by atoms with Gasteiger partial charge in [0.1, 0.15) is 28.8 Å². The number of ketones is 1. The maximum absolute atomic E-state index is 13.0. The van der Waals surface area contributed by atoms with Gasteiger partial charge in [0.25, 0.3) is 0 Å². The molecule has 0 saturated heterocycles. The van der Waals surface area contributed by atoms with Crippen molar-refractivity contribution in [3.8, 4) is 0 Å². The molecule has 0 aliphatic rings. The molecule has 3 heteroatoms. The maximum atomic E-state index is 13.0. The molecule has 0 bridgehead atoms. The highest BCUT2D eigenvalue weighted by Crippen LogP contribution is 2.34. The fourth-order valence-corrected chi connectivity index (χ4v) is 4.07. The zero-order valence-corrected chi connectivity index (χ0v) is 18.7. The van der Waals surface area contributed by atoms with Gasteiger partial charge >= 0.3 is 0 Å². The number of aryl methyl sites for hydroxylation is 4. The molecule has 2 atom stereocenters. The molecule has 0 N–H and O–H groups in total. The molecule has 2 unspecified atom stereocenters. The molecule has 2 heterocycles. The van der Waals surface area contributed by atoms with E-state index in [1.54, 1.807) is 0 Å². The molecule has 3 nitrogen and oxygen atoms in total. The van der Waals surface area contributed by atoms with Crippen LogP contribution in [0, 0.1) is 0 Å². The third-order valence-electron chi connectivity index (χ3n) is 5.92. The summed E-state index contributed by atoms with van der Waals surface area (Å²) in [4.78, 5) is 13.0. The van der Waals surface area contributed by atoms with Gasteiger partial charge in [0.2, 0.25) is 0 Å². The van der Waals surface area contributed by atoms with Crippen LogP contribution in [0.25, 0.3) is 0 Å². The Bertz CT molecular complexity index is 688. The summed E-state index contributed by atoms with van der Waals surface area (Å²) in [5.41, 5.74) is 2.52. The third kappa shape index (κ3) is 5.18. The minimum atomic E-state index is 0.175. The first-order valence-electron chi connectivity index (χ1n) is 11.2. The van der Waals surface area contributed by atoms with E-state index >= 15 is 0 Å². The Morgan fingerprint density at radius 1 is 0.714 bits per heavy atom. The number of carbonyl (C=O) groups is 1. The molecular formula is C25H38O3. The van der Waals surface area contributed by atoms with Gasteiger partial charge in [-0.15, -0.1) is 0 Å². The largest absolute Gasteiger partial charge is 0.466 e. The van der Waals surface area contributed by atoms with Crippen LogP contribution in [0.5, 0.6) is 0 Å². The van der Waals surface area contributed by atoms with Crippen molar-refractivity contribution in [3.63, 3.8) is 0 Å². The first-order valence-corrected chi connectivity index (χ1v) is 11.2. The van der Waals surface area contributed by atoms with E-state index in [4.69, 9.17) is 8.83 Å². The molecule has 2 aromatic heterocycles. The van der Waals surface area contributed by atoms with Gasteiger partial charge in [0.15, 0.2) is 0 Å². The molecule has 2 rings (SSSR count). The fraction of sp³-hybridized carbons (Fsp3) is 0.640. The topological polar surface area (TPSA) is 43.4 Å². The van der Waals surface area contributed by atoms with E-state index in [1.165, 1.54) is 11.1 Å². The average Bonchev–Trinajstić information content (AvgIpc) is 3.33. The Balaban J connectivity index is 2.14. The van der Waals surface area contributed by atoms with E-state index in [0.29, 0.717) is 18.6 Å². The highest BCUT2D eigenvalue weighted by Gasteiger charge is 2.25. The SMILES string of the molecule is CCc1cc(CC)c(C(CC)CC(=O)CC(CC)c2oc(CC)cc2CC)o1. The van der Waals surface area contributed by atoms with E-state index in [0.717, 1.165) is 61.6 Å². The summed E-state index contributed by atoms with van der Waals surface area (Å²) in [6.07, 6.45) is 6.65. The summed E-state index contributed by atoms with van der Waals surface area (Å²) in [5, 5.41) is 0. The molecule has 0 radical (unpaired) electrons. The monoisotopic (exact) mass is 386 g/mol. The lowest BCUT2D eigenvalue weighted by Crippen LogP contribution is -2.12. The van der Waals surface area contributed by atoms with Gasteiger partial charge in [-0.1, -0.05) is 41.5 Å². The molecule has 156 valence electrons. The lowest BCUT2D eigenvalue weighted by atomic mass is 9.88. The molecule has 0 fully saturated rings. The van der Waals surface area contributed by atoms with Crippen molar-refractivity contribution in [1.29, 1.82) is 0 Å². The van der Waals surface area contributed by atoms with Crippen LogP contribution in [0.1, 0.15) is 113 Å². The highest BCUT2D eigenvalue weighted by molar-refractivity contribution is 5.80. The molecule has 28 heavy (non-hydrogen) atoms. The van der Waals surface area contributed by atoms with Gasteiger partial charge in [-0.05, 0) is 48.9 Å². The summed E-state index contributed by atoms with van der Waals surface area (Å²) in [6.45, 7) is 12.8. The summed E-state index contributed by atoms with van der Waals surface area (Å²) in [6, 6.07) is 4.33. The Hall–Kier alpha value is -1.77. The second-order valence-electron chi connectivity index (χ2n) is 7.78. The van der Waals surface area contributed by atoms with Gasteiger partial charge in [-0.3, -0.25) is 4.79 Å². The minimum absolute atomic E-state index is 0.175. The van der Waals surface area contributed by atoms with Crippen LogP contribution in [0.15, 0.2) is 21.0 Å². The van der Waals surface area contributed by atoms with Crippen LogP contribution >= 0.6 is 0 Å². The first kappa shape index (κ1) is 22.5. The quantitative estimate of drug-likeness (QED) is 0.389. The number of hydrogen-bond donors (Lipinski definition) is 0. The normalized spacial score (nSPS) is 13.6. The second-order valence-corrected chi connectivity index (χ2v) is 7.78. The van der Waals surface area contributed by atoms with E-state index in [-0.39, 0.29) is 11.8 Å². The molecule has 0 aliphatic carbocycles. The van der Waals surface area contributed by atoms with Crippen LogP contribution in [-0.4, -0.2) is 5.78 Å². The third-order valence-corrected chi connectivity index (χ3v) is 5.92. The molecule has 0 aliphatic heterocycles. The smallest absolute Gasteiger partial charge is 0.134 e. The number of hydrogen-bond acceptors (Lipinski definition) is 3. The Kier molecular flexibility index (Phi) is 8.59. The predicted molar refractivity (Wildman–Crippen MR) is 115 cm³/mol. The van der Waals surface area contributed by atoms with Gasteiger partial charge in [-0.2, -0.15) is 0 Å². The molecule has 2 aromatic rings. The minimum Gasteiger partial charge on any atom is -0.466 e. The van der Waals surface area contributed by atoms with Crippen molar-refractivity contribution in [3.05, 3.63) is 46.3 Å². The fourth-order valence-electron chi connectivity index (χ4n) is 4.07. The second kappa shape index (κ2) is 10.7. The molecule has 0 saturated carbocycles. The summed E-state index contributed by atoms with van der Waals surface area (Å²) in [7, 11) is 0. The molecular weight excluding hydrogens is 348 g/mol. The lowest BCUT2D eigenvalue weighted by molar-refractivity contribution is -0.120. The Morgan fingerprint density at radius 2 is 1.11 bits per heavy atom. The van der Waals surface area contributed by atoms with E-state index in [2.05, 4.69) is 53.7 Å². The van der Waals surface area contributed by atoms with Crippen LogP contribution < -0.4 is 0 Å². The Morgan fingerprint density at radius 3 is 1.39 bits per heavy atom. The van der Waals surface area contributed by atoms with Crippen molar-refractivity contribution in [2.45, 2.75) is 105 Å². The van der Waals surface area contributed by atoms with Crippen molar-refractivity contribution in [1.82, 2.24) is 0 Å². The molecule has 0 aromatic carbocycles. The summed E-state index contributed by atoms with van der Waals surface area (Å²) < 4.78 is 12.2. The van der Waals surface area contributed by atoms with Crippen molar-refractivity contribution >= 4 is 5.78 Å². The van der Waals surface area contributed by atoms with Gasteiger partial charge < -0.3 is 8.83 Å². The van der Waals surface area contributed by atoms with E-state index < -0.39 is 0 Å². The van der Waals surface area contributed by atoms with E-state index in [1.807, 2.05) is 0 Å². The van der Waals surface area contributed by atoms with Crippen LogP contribution in [-0.2, 0) is 30.5 Å². The standard InChI is InChI=1S/C25H38O3/c1-7-17(24-19(9-3)15-22(11-5)27-24)13-21(26)14-18(8-2)25-20(10-4)16-23(12-6)28-25/h15-18H,7-14H2,1-6H3. The van der Waals surface area contributed by atoms with Gasteiger partial charge in [-0.25, -0.2) is 0 Å². The number of Topliss-reactive ketones (excluding diaryl/α,β-unsaturated/α-hetero) is 1. The first-order chi connectivity index (χ1) is 13.5. The van der Waals surface area contributed by atoms with E-state index in [9.17, 15) is 4.79 Å². The van der Waals surface area contributed by atoms with Crippen LogP contribution in [0.3, 0.4) is 0 Å². The number of carbonyl (C=O) groups excluding carboxylic acids is 1. The highest BCUT2D eigenvalue weighted by atomic mass is 16.3.